The number of aromatic nitrogens is 3. The molecule has 4 rings (SSSR count). The van der Waals surface area contributed by atoms with Crippen molar-refractivity contribution in [3.05, 3.63) is 75.2 Å². The fourth-order valence-corrected chi connectivity index (χ4v) is 3.65. The first-order chi connectivity index (χ1) is 14.0. The number of benzene rings is 3. The van der Waals surface area contributed by atoms with Crippen LogP contribution < -0.4 is 10.1 Å². The molecule has 29 heavy (non-hydrogen) atoms. The zero-order valence-electron chi connectivity index (χ0n) is 15.6. The number of hydrogen-bond donors (Lipinski definition) is 1. The van der Waals surface area contributed by atoms with E-state index in [2.05, 4.69) is 31.4 Å². The highest BCUT2D eigenvalue weighted by atomic mass is 79.9. The van der Waals surface area contributed by atoms with E-state index in [1.165, 1.54) is 4.80 Å². The summed E-state index contributed by atoms with van der Waals surface area (Å²) in [5.74, 6) is 0.384. The summed E-state index contributed by atoms with van der Waals surface area (Å²) in [7, 11) is 1.56. The second-order valence-electron chi connectivity index (χ2n) is 6.40. The predicted octanol–water partition coefficient (Wildman–Crippen LogP) is 5.41. The van der Waals surface area contributed by atoms with Crippen LogP contribution in [0.5, 0.6) is 5.75 Å². The monoisotopic (exact) mass is 470 g/mol. The topological polar surface area (TPSA) is 69.0 Å². The van der Waals surface area contributed by atoms with Crippen LogP contribution >= 0.6 is 27.5 Å². The molecule has 1 heterocycles. The molecule has 0 aliphatic carbocycles. The third-order valence-corrected chi connectivity index (χ3v) is 5.45. The molecule has 8 heteroatoms. The van der Waals surface area contributed by atoms with E-state index in [9.17, 15) is 4.79 Å². The standard InChI is InChI=1S/C21H16BrClN4O2/c1-12-9-18-19(11-17(12)24-21(28)14-5-3-4-6-15(14)22)26-27(25-18)13-7-8-20(29-2)16(23)10-13/h3-11H,1-2H3,(H,24,28). The van der Waals surface area contributed by atoms with Crippen LogP contribution in [0.15, 0.2) is 59.1 Å². The third-order valence-electron chi connectivity index (χ3n) is 4.46. The summed E-state index contributed by atoms with van der Waals surface area (Å²) < 4.78 is 5.92. The maximum Gasteiger partial charge on any atom is 0.256 e. The number of hydrogen-bond acceptors (Lipinski definition) is 4. The third kappa shape index (κ3) is 3.83. The Morgan fingerprint density at radius 3 is 2.52 bits per heavy atom. The van der Waals surface area contributed by atoms with Gasteiger partial charge in [0, 0.05) is 10.2 Å². The van der Waals surface area contributed by atoms with Crippen LogP contribution in [0.2, 0.25) is 5.02 Å². The molecule has 0 aliphatic heterocycles. The first-order valence-electron chi connectivity index (χ1n) is 8.74. The fourth-order valence-electron chi connectivity index (χ4n) is 2.93. The quantitative estimate of drug-likeness (QED) is 0.432. The van der Waals surface area contributed by atoms with Crippen molar-refractivity contribution in [1.82, 2.24) is 15.0 Å². The van der Waals surface area contributed by atoms with Gasteiger partial charge in [-0.3, -0.25) is 4.79 Å². The minimum atomic E-state index is -0.200. The van der Waals surface area contributed by atoms with E-state index in [1.807, 2.05) is 43.3 Å². The fraction of sp³-hybridized carbons (Fsp3) is 0.0952. The van der Waals surface area contributed by atoms with Crippen LogP contribution in [0.25, 0.3) is 16.7 Å². The average molecular weight is 472 g/mol. The van der Waals surface area contributed by atoms with Gasteiger partial charge < -0.3 is 10.1 Å². The van der Waals surface area contributed by atoms with Crippen molar-refractivity contribution in [1.29, 1.82) is 0 Å². The van der Waals surface area contributed by atoms with Crippen molar-refractivity contribution in [3.8, 4) is 11.4 Å². The van der Waals surface area contributed by atoms with Crippen molar-refractivity contribution >= 4 is 50.2 Å². The molecule has 1 N–H and O–H groups in total. The molecule has 1 aromatic heterocycles. The van der Waals surface area contributed by atoms with E-state index < -0.39 is 0 Å². The molecule has 0 fully saturated rings. The lowest BCUT2D eigenvalue weighted by molar-refractivity contribution is 0.102. The Bertz CT molecular complexity index is 1240. The average Bonchev–Trinajstić information content (AvgIpc) is 3.11. The highest BCUT2D eigenvalue weighted by molar-refractivity contribution is 9.10. The van der Waals surface area contributed by atoms with E-state index in [-0.39, 0.29) is 5.91 Å². The van der Waals surface area contributed by atoms with Crippen LogP contribution in [0.4, 0.5) is 5.69 Å². The molecule has 0 bridgehead atoms. The lowest BCUT2D eigenvalue weighted by Gasteiger charge is -2.09. The van der Waals surface area contributed by atoms with Gasteiger partial charge in [-0.1, -0.05) is 23.7 Å². The van der Waals surface area contributed by atoms with Gasteiger partial charge in [0.25, 0.3) is 5.91 Å². The van der Waals surface area contributed by atoms with Crippen LogP contribution in [0.3, 0.4) is 0 Å². The summed E-state index contributed by atoms with van der Waals surface area (Å²) in [4.78, 5) is 14.1. The van der Waals surface area contributed by atoms with Crippen LogP contribution in [0, 0.1) is 6.92 Å². The Labute approximate surface area is 180 Å². The smallest absolute Gasteiger partial charge is 0.256 e. The molecule has 6 nitrogen and oxygen atoms in total. The number of rotatable bonds is 4. The minimum Gasteiger partial charge on any atom is -0.495 e. The number of methoxy groups -OCH3 is 1. The number of nitrogens with zero attached hydrogens (tertiary/aromatic N) is 3. The molecular formula is C21H16BrClN4O2. The van der Waals surface area contributed by atoms with Gasteiger partial charge in [0.2, 0.25) is 0 Å². The van der Waals surface area contributed by atoms with Gasteiger partial charge in [0.15, 0.2) is 0 Å². The van der Waals surface area contributed by atoms with Gasteiger partial charge in [0.05, 0.1) is 23.4 Å². The van der Waals surface area contributed by atoms with Crippen molar-refractivity contribution < 1.29 is 9.53 Å². The normalized spacial score (nSPS) is 10.9. The number of aryl methyl sites for hydroxylation is 1. The Morgan fingerprint density at radius 2 is 1.83 bits per heavy atom. The molecule has 0 saturated heterocycles. The number of ether oxygens (including phenoxy) is 1. The Kier molecular flexibility index (Phi) is 5.25. The molecule has 0 unspecified atom stereocenters. The number of anilines is 1. The number of amides is 1. The summed E-state index contributed by atoms with van der Waals surface area (Å²) in [6, 6.07) is 16.3. The summed E-state index contributed by atoms with van der Waals surface area (Å²) in [6.07, 6.45) is 0. The predicted molar refractivity (Wildman–Crippen MR) is 117 cm³/mol. The number of carbonyl (C=O) groups excluding carboxylic acids is 1. The number of carbonyl (C=O) groups is 1. The maximum absolute atomic E-state index is 12.6. The summed E-state index contributed by atoms with van der Waals surface area (Å²) in [5, 5.41) is 12.5. The minimum absolute atomic E-state index is 0.200. The van der Waals surface area contributed by atoms with Crippen molar-refractivity contribution in [3.63, 3.8) is 0 Å². The lowest BCUT2D eigenvalue weighted by atomic mass is 10.1. The zero-order valence-corrected chi connectivity index (χ0v) is 18.0. The highest BCUT2D eigenvalue weighted by Crippen LogP contribution is 2.28. The first-order valence-corrected chi connectivity index (χ1v) is 9.91. The van der Waals surface area contributed by atoms with Crippen LogP contribution in [-0.2, 0) is 0 Å². The summed E-state index contributed by atoms with van der Waals surface area (Å²) in [5.41, 5.74) is 4.21. The number of halogens is 2. The van der Waals surface area contributed by atoms with Gasteiger partial charge in [0.1, 0.15) is 16.8 Å². The van der Waals surface area contributed by atoms with Crippen molar-refractivity contribution in [2.45, 2.75) is 6.92 Å². The van der Waals surface area contributed by atoms with Gasteiger partial charge in [-0.15, -0.1) is 10.2 Å². The molecule has 0 saturated carbocycles. The zero-order chi connectivity index (χ0) is 20.5. The molecule has 0 radical (unpaired) electrons. The number of nitrogens with one attached hydrogen (secondary N) is 1. The van der Waals surface area contributed by atoms with E-state index in [0.717, 1.165) is 10.0 Å². The van der Waals surface area contributed by atoms with E-state index in [1.54, 1.807) is 25.3 Å². The second kappa shape index (κ2) is 7.85. The molecular weight excluding hydrogens is 456 g/mol. The lowest BCUT2D eigenvalue weighted by Crippen LogP contribution is -2.13. The molecule has 0 atom stereocenters. The van der Waals surface area contributed by atoms with E-state index in [0.29, 0.717) is 38.7 Å². The SMILES string of the molecule is COc1ccc(-n2nc3cc(C)c(NC(=O)c4ccccc4Br)cc3n2)cc1Cl. The Balaban J connectivity index is 1.68. The molecule has 0 spiro atoms. The molecule has 0 aliphatic rings. The molecule has 146 valence electrons. The maximum atomic E-state index is 12.6. The van der Waals surface area contributed by atoms with Crippen molar-refractivity contribution in [2.75, 3.05) is 12.4 Å². The summed E-state index contributed by atoms with van der Waals surface area (Å²) in [6.45, 7) is 1.92. The van der Waals surface area contributed by atoms with Gasteiger partial charge in [-0.05, 0) is 70.9 Å². The van der Waals surface area contributed by atoms with Gasteiger partial charge in [-0.2, -0.15) is 4.80 Å². The van der Waals surface area contributed by atoms with Gasteiger partial charge in [-0.25, -0.2) is 0 Å². The molecule has 3 aromatic carbocycles. The van der Waals surface area contributed by atoms with Crippen LogP contribution in [0.1, 0.15) is 15.9 Å². The Hall–Kier alpha value is -2.90. The van der Waals surface area contributed by atoms with Crippen LogP contribution in [-0.4, -0.2) is 28.0 Å². The Morgan fingerprint density at radius 1 is 1.10 bits per heavy atom. The molecule has 4 aromatic rings. The largest absolute Gasteiger partial charge is 0.495 e. The first kappa shape index (κ1) is 19.4. The van der Waals surface area contributed by atoms with E-state index >= 15 is 0 Å². The number of fused-ring (bicyclic) bond motifs is 1. The van der Waals surface area contributed by atoms with E-state index in [4.69, 9.17) is 16.3 Å². The van der Waals surface area contributed by atoms with Crippen molar-refractivity contribution in [2.24, 2.45) is 0 Å². The van der Waals surface area contributed by atoms with Gasteiger partial charge >= 0.3 is 0 Å². The summed E-state index contributed by atoms with van der Waals surface area (Å²) >= 11 is 9.62. The highest BCUT2D eigenvalue weighted by Gasteiger charge is 2.14. The molecule has 1 amide bonds. The second-order valence-corrected chi connectivity index (χ2v) is 7.66.